The fourth-order valence-corrected chi connectivity index (χ4v) is 2.50. The number of benzene rings is 2. The molecular formula is C18H15ClN2O5. The fourth-order valence-electron chi connectivity index (χ4n) is 2.31. The molecule has 1 heterocycles. The summed E-state index contributed by atoms with van der Waals surface area (Å²) in [5.41, 5.74) is 0.940. The SMILES string of the molecule is COc1cccc(C(=O)OCc2nc(-c3cccc(Cl)c3)no2)c1OC. The van der Waals surface area contributed by atoms with Gasteiger partial charge < -0.3 is 18.7 Å². The van der Waals surface area contributed by atoms with Gasteiger partial charge >= 0.3 is 5.97 Å². The molecule has 0 unspecified atom stereocenters. The Morgan fingerprint density at radius 1 is 1.15 bits per heavy atom. The third kappa shape index (κ3) is 3.78. The molecule has 0 atom stereocenters. The quantitative estimate of drug-likeness (QED) is 0.607. The minimum Gasteiger partial charge on any atom is -0.493 e. The number of rotatable bonds is 6. The van der Waals surface area contributed by atoms with Gasteiger partial charge in [0.2, 0.25) is 5.82 Å². The molecule has 8 heteroatoms. The first-order valence-electron chi connectivity index (χ1n) is 7.59. The second-order valence-corrected chi connectivity index (χ2v) is 5.58. The second kappa shape index (κ2) is 7.88. The van der Waals surface area contributed by atoms with Crippen molar-refractivity contribution in [1.29, 1.82) is 0 Å². The van der Waals surface area contributed by atoms with Crippen LogP contribution >= 0.6 is 11.6 Å². The van der Waals surface area contributed by atoms with Gasteiger partial charge in [-0.15, -0.1) is 0 Å². The highest BCUT2D eigenvalue weighted by Gasteiger charge is 2.19. The Morgan fingerprint density at radius 3 is 2.69 bits per heavy atom. The fraction of sp³-hybridized carbons (Fsp3) is 0.167. The van der Waals surface area contributed by atoms with Crippen LogP contribution in [-0.2, 0) is 11.3 Å². The van der Waals surface area contributed by atoms with Crippen molar-refractivity contribution in [2.45, 2.75) is 6.61 Å². The number of para-hydroxylation sites is 1. The average molecular weight is 375 g/mol. The molecule has 0 N–H and O–H groups in total. The summed E-state index contributed by atoms with van der Waals surface area (Å²) in [6.45, 7) is -0.174. The Morgan fingerprint density at radius 2 is 1.96 bits per heavy atom. The molecule has 0 amide bonds. The molecule has 1 aromatic heterocycles. The van der Waals surface area contributed by atoms with E-state index in [9.17, 15) is 4.79 Å². The molecule has 0 saturated carbocycles. The lowest BCUT2D eigenvalue weighted by atomic mass is 10.2. The van der Waals surface area contributed by atoms with E-state index < -0.39 is 5.97 Å². The van der Waals surface area contributed by atoms with Crippen molar-refractivity contribution in [3.63, 3.8) is 0 Å². The van der Waals surface area contributed by atoms with Gasteiger partial charge in [0.1, 0.15) is 5.56 Å². The molecule has 0 bridgehead atoms. The lowest BCUT2D eigenvalue weighted by molar-refractivity contribution is 0.0425. The molecule has 0 aliphatic heterocycles. The molecule has 2 aromatic carbocycles. The smallest absolute Gasteiger partial charge is 0.342 e. The second-order valence-electron chi connectivity index (χ2n) is 5.14. The average Bonchev–Trinajstić information content (AvgIpc) is 3.14. The number of halogens is 1. The van der Waals surface area contributed by atoms with E-state index in [2.05, 4.69) is 10.1 Å². The van der Waals surface area contributed by atoms with E-state index in [0.29, 0.717) is 27.9 Å². The zero-order valence-electron chi connectivity index (χ0n) is 14.1. The number of esters is 1. The van der Waals surface area contributed by atoms with Crippen LogP contribution < -0.4 is 9.47 Å². The van der Waals surface area contributed by atoms with Crippen LogP contribution in [0.2, 0.25) is 5.02 Å². The van der Waals surface area contributed by atoms with Gasteiger partial charge in [0.25, 0.3) is 5.89 Å². The Bertz CT molecular complexity index is 925. The number of hydrogen-bond donors (Lipinski definition) is 0. The zero-order chi connectivity index (χ0) is 18.5. The Balaban J connectivity index is 1.71. The van der Waals surface area contributed by atoms with Crippen LogP contribution in [0.15, 0.2) is 47.0 Å². The van der Waals surface area contributed by atoms with Crippen molar-refractivity contribution in [3.05, 3.63) is 58.9 Å². The van der Waals surface area contributed by atoms with Gasteiger partial charge in [0, 0.05) is 10.6 Å². The lowest BCUT2D eigenvalue weighted by Crippen LogP contribution is -2.08. The van der Waals surface area contributed by atoms with E-state index in [1.807, 2.05) is 0 Å². The largest absolute Gasteiger partial charge is 0.493 e. The maximum Gasteiger partial charge on any atom is 0.342 e. The first kappa shape index (κ1) is 17.8. The van der Waals surface area contributed by atoms with Gasteiger partial charge in [0.05, 0.1) is 14.2 Å². The molecule has 26 heavy (non-hydrogen) atoms. The Labute approximate surface area is 154 Å². The molecule has 0 aliphatic carbocycles. The zero-order valence-corrected chi connectivity index (χ0v) is 14.8. The monoisotopic (exact) mass is 374 g/mol. The summed E-state index contributed by atoms with van der Waals surface area (Å²) in [7, 11) is 2.94. The Hall–Kier alpha value is -3.06. The molecule has 7 nitrogen and oxygen atoms in total. The highest BCUT2D eigenvalue weighted by Crippen LogP contribution is 2.31. The van der Waals surface area contributed by atoms with Crippen molar-refractivity contribution in [2.75, 3.05) is 14.2 Å². The topological polar surface area (TPSA) is 83.7 Å². The van der Waals surface area contributed by atoms with Gasteiger partial charge in [0.15, 0.2) is 18.1 Å². The van der Waals surface area contributed by atoms with Crippen LogP contribution in [0.5, 0.6) is 11.5 Å². The first-order chi connectivity index (χ1) is 12.6. The van der Waals surface area contributed by atoms with Crippen molar-refractivity contribution in [2.24, 2.45) is 0 Å². The molecular weight excluding hydrogens is 360 g/mol. The summed E-state index contributed by atoms with van der Waals surface area (Å²) in [6, 6.07) is 12.0. The van der Waals surface area contributed by atoms with E-state index in [1.165, 1.54) is 14.2 Å². The van der Waals surface area contributed by atoms with Crippen LogP contribution in [0, 0.1) is 0 Å². The van der Waals surface area contributed by atoms with Gasteiger partial charge in [-0.05, 0) is 24.3 Å². The number of aromatic nitrogens is 2. The summed E-state index contributed by atoms with van der Waals surface area (Å²) in [5, 5.41) is 4.42. The summed E-state index contributed by atoms with van der Waals surface area (Å²) < 4.78 is 20.7. The summed E-state index contributed by atoms with van der Waals surface area (Å²) in [6.07, 6.45) is 0. The van der Waals surface area contributed by atoms with Crippen molar-refractivity contribution >= 4 is 17.6 Å². The van der Waals surface area contributed by atoms with Crippen LogP contribution in [0.4, 0.5) is 0 Å². The predicted octanol–water partition coefficient (Wildman–Crippen LogP) is 3.76. The van der Waals surface area contributed by atoms with E-state index >= 15 is 0 Å². The molecule has 0 radical (unpaired) electrons. The molecule has 3 aromatic rings. The molecule has 0 spiro atoms. The summed E-state index contributed by atoms with van der Waals surface area (Å²) in [4.78, 5) is 16.5. The molecule has 0 aliphatic rings. The van der Waals surface area contributed by atoms with Gasteiger partial charge in [-0.2, -0.15) is 4.98 Å². The molecule has 0 fully saturated rings. The van der Waals surface area contributed by atoms with E-state index in [-0.39, 0.29) is 18.1 Å². The van der Waals surface area contributed by atoms with Crippen molar-refractivity contribution in [1.82, 2.24) is 10.1 Å². The van der Waals surface area contributed by atoms with Crippen LogP contribution in [-0.4, -0.2) is 30.3 Å². The number of carbonyl (C=O) groups excluding carboxylic acids is 1. The summed E-state index contributed by atoms with van der Waals surface area (Å²) in [5.74, 6) is 0.657. The number of methoxy groups -OCH3 is 2. The molecule has 3 rings (SSSR count). The highest BCUT2D eigenvalue weighted by atomic mass is 35.5. The lowest BCUT2D eigenvalue weighted by Gasteiger charge is -2.11. The van der Waals surface area contributed by atoms with Gasteiger partial charge in [-0.25, -0.2) is 4.79 Å². The van der Waals surface area contributed by atoms with Gasteiger partial charge in [-0.3, -0.25) is 0 Å². The van der Waals surface area contributed by atoms with Crippen LogP contribution in [0.3, 0.4) is 0 Å². The van der Waals surface area contributed by atoms with E-state index in [1.54, 1.807) is 42.5 Å². The standard InChI is InChI=1S/C18H15ClN2O5/c1-23-14-8-4-7-13(16(14)24-2)18(22)25-10-15-20-17(21-26-15)11-5-3-6-12(19)9-11/h3-9H,10H2,1-2H3. The maximum atomic E-state index is 12.3. The number of hydrogen-bond acceptors (Lipinski definition) is 7. The Kier molecular flexibility index (Phi) is 5.38. The van der Waals surface area contributed by atoms with Crippen LogP contribution in [0.25, 0.3) is 11.4 Å². The summed E-state index contributed by atoms with van der Waals surface area (Å²) >= 11 is 5.95. The first-order valence-corrected chi connectivity index (χ1v) is 7.97. The van der Waals surface area contributed by atoms with Crippen LogP contribution in [0.1, 0.15) is 16.2 Å². The third-order valence-electron chi connectivity index (χ3n) is 3.50. The predicted molar refractivity (Wildman–Crippen MR) is 93.4 cm³/mol. The maximum absolute atomic E-state index is 12.3. The number of nitrogens with zero attached hydrogens (tertiary/aromatic N) is 2. The van der Waals surface area contributed by atoms with Gasteiger partial charge in [-0.1, -0.05) is 35.0 Å². The number of ether oxygens (including phenoxy) is 3. The normalized spacial score (nSPS) is 10.4. The molecule has 0 saturated heterocycles. The third-order valence-corrected chi connectivity index (χ3v) is 3.74. The minimum atomic E-state index is -0.594. The van der Waals surface area contributed by atoms with E-state index in [0.717, 1.165) is 0 Å². The number of carbonyl (C=O) groups is 1. The van der Waals surface area contributed by atoms with Crippen molar-refractivity contribution in [3.8, 4) is 22.9 Å². The van der Waals surface area contributed by atoms with Crippen molar-refractivity contribution < 1.29 is 23.5 Å². The van der Waals surface area contributed by atoms with E-state index in [4.69, 9.17) is 30.3 Å². The highest BCUT2D eigenvalue weighted by molar-refractivity contribution is 6.30. The molecule has 134 valence electrons. The minimum absolute atomic E-state index is 0.162.